The second-order valence-corrected chi connectivity index (χ2v) is 9.04. The van der Waals surface area contributed by atoms with E-state index in [9.17, 15) is 4.79 Å². The van der Waals surface area contributed by atoms with Gasteiger partial charge < -0.3 is 14.8 Å². The van der Waals surface area contributed by atoms with E-state index in [-0.39, 0.29) is 5.69 Å². The van der Waals surface area contributed by atoms with Crippen molar-refractivity contribution in [2.24, 2.45) is 0 Å². The molecule has 0 unspecified atom stereocenters. The minimum atomic E-state index is -0.263. The lowest BCUT2D eigenvalue weighted by Crippen LogP contribution is -2.28. The molecule has 0 bridgehead atoms. The van der Waals surface area contributed by atoms with Gasteiger partial charge in [0.1, 0.15) is 12.4 Å². The quantitative estimate of drug-likeness (QED) is 0.393. The fourth-order valence-electron chi connectivity index (χ4n) is 4.80. The molecule has 0 saturated heterocycles. The molecule has 1 aliphatic heterocycles. The third-order valence-corrected chi connectivity index (χ3v) is 6.45. The third kappa shape index (κ3) is 4.52. The van der Waals surface area contributed by atoms with Gasteiger partial charge in [-0.3, -0.25) is 4.57 Å². The fourth-order valence-corrected chi connectivity index (χ4v) is 4.80. The molecule has 6 heteroatoms. The zero-order valence-corrected chi connectivity index (χ0v) is 20.5. The van der Waals surface area contributed by atoms with E-state index >= 15 is 0 Å². The Hall–Kier alpha value is -4.06. The molecule has 2 heterocycles. The van der Waals surface area contributed by atoms with Crippen LogP contribution in [-0.4, -0.2) is 16.7 Å². The van der Waals surface area contributed by atoms with Gasteiger partial charge in [-0.15, -0.1) is 0 Å². The third-order valence-electron chi connectivity index (χ3n) is 6.45. The van der Waals surface area contributed by atoms with Gasteiger partial charge in [-0.2, -0.15) is 4.98 Å². The normalized spacial score (nSPS) is 12.0. The summed E-state index contributed by atoms with van der Waals surface area (Å²) >= 11 is 0. The lowest BCUT2D eigenvalue weighted by molar-refractivity contribution is 0.284. The number of aryl methyl sites for hydroxylation is 4. The summed E-state index contributed by atoms with van der Waals surface area (Å²) in [6.07, 6.45) is 0.721. The van der Waals surface area contributed by atoms with E-state index in [0.717, 1.165) is 45.6 Å². The predicted molar refractivity (Wildman–Crippen MR) is 139 cm³/mol. The number of nitrogens with zero attached hydrogens (tertiary/aromatic N) is 2. The average Bonchev–Trinajstić information content (AvgIpc) is 2.85. The standard InChI is InChI=1S/C29H29N3O3/c1-18-12-19(2)28(20(3)13-18)30-27-16-24-23-15-25(34-4)26(35-17-21-8-6-5-7-9-21)14-22(23)10-11-32(24)29(33)31-27/h5-9,12-16H,10-11,17H2,1-4H3,(H,30,31,33). The molecule has 0 atom stereocenters. The van der Waals surface area contributed by atoms with Crippen molar-refractivity contribution in [3.8, 4) is 22.8 Å². The summed E-state index contributed by atoms with van der Waals surface area (Å²) in [5.41, 5.74) is 8.14. The van der Waals surface area contributed by atoms with Crippen LogP contribution in [0.15, 0.2) is 65.5 Å². The monoisotopic (exact) mass is 467 g/mol. The Labute approximate surface area is 205 Å². The molecule has 0 aliphatic carbocycles. The van der Waals surface area contributed by atoms with Crippen LogP contribution < -0.4 is 20.5 Å². The van der Waals surface area contributed by atoms with Gasteiger partial charge in [-0.25, -0.2) is 4.79 Å². The molecule has 4 aromatic rings. The molecule has 0 spiro atoms. The first-order valence-electron chi connectivity index (χ1n) is 11.8. The lowest BCUT2D eigenvalue weighted by Gasteiger charge is -2.24. The Morgan fingerprint density at radius 3 is 2.43 bits per heavy atom. The van der Waals surface area contributed by atoms with Gasteiger partial charge in [0.2, 0.25) is 0 Å². The van der Waals surface area contributed by atoms with Gasteiger partial charge in [-0.05, 0) is 61.6 Å². The maximum atomic E-state index is 12.9. The van der Waals surface area contributed by atoms with Crippen molar-refractivity contribution in [1.82, 2.24) is 9.55 Å². The SMILES string of the molecule is COc1cc2c(cc1OCc1ccccc1)CCn1c-2cc(Nc2c(C)cc(C)cc2C)nc1=O. The van der Waals surface area contributed by atoms with E-state index in [4.69, 9.17) is 9.47 Å². The number of fused-ring (bicyclic) bond motifs is 3. The van der Waals surface area contributed by atoms with Gasteiger partial charge in [0.05, 0.1) is 12.8 Å². The number of rotatable bonds is 6. The van der Waals surface area contributed by atoms with E-state index in [0.29, 0.717) is 30.5 Å². The molecular formula is C29H29N3O3. The van der Waals surface area contributed by atoms with Crippen molar-refractivity contribution in [2.45, 2.75) is 40.3 Å². The highest BCUT2D eigenvalue weighted by Crippen LogP contribution is 2.39. The molecule has 0 amide bonds. The molecule has 35 heavy (non-hydrogen) atoms. The molecule has 178 valence electrons. The Morgan fingerprint density at radius 1 is 0.971 bits per heavy atom. The highest BCUT2D eigenvalue weighted by Gasteiger charge is 2.22. The number of hydrogen-bond donors (Lipinski definition) is 1. The topological polar surface area (TPSA) is 65.4 Å². The number of nitrogens with one attached hydrogen (secondary N) is 1. The van der Waals surface area contributed by atoms with Crippen molar-refractivity contribution in [1.29, 1.82) is 0 Å². The van der Waals surface area contributed by atoms with Crippen LogP contribution in [0.4, 0.5) is 11.5 Å². The average molecular weight is 468 g/mol. The Bertz CT molecular complexity index is 1440. The van der Waals surface area contributed by atoms with Gasteiger partial charge in [0, 0.05) is 23.9 Å². The highest BCUT2D eigenvalue weighted by molar-refractivity contribution is 5.74. The molecule has 0 fully saturated rings. The highest BCUT2D eigenvalue weighted by atomic mass is 16.5. The maximum absolute atomic E-state index is 12.9. The molecule has 1 aromatic heterocycles. The van der Waals surface area contributed by atoms with E-state index in [2.05, 4.69) is 43.2 Å². The van der Waals surface area contributed by atoms with Crippen molar-refractivity contribution in [3.05, 3.63) is 99.0 Å². The van der Waals surface area contributed by atoms with Crippen LogP contribution in [-0.2, 0) is 19.6 Å². The molecule has 3 aromatic carbocycles. The van der Waals surface area contributed by atoms with E-state index in [1.807, 2.05) is 48.5 Å². The molecular weight excluding hydrogens is 438 g/mol. The Morgan fingerprint density at radius 2 is 1.71 bits per heavy atom. The van der Waals surface area contributed by atoms with Gasteiger partial charge >= 0.3 is 5.69 Å². The van der Waals surface area contributed by atoms with Crippen molar-refractivity contribution < 1.29 is 9.47 Å². The largest absolute Gasteiger partial charge is 0.493 e. The van der Waals surface area contributed by atoms with Crippen LogP contribution in [0.3, 0.4) is 0 Å². The van der Waals surface area contributed by atoms with Crippen molar-refractivity contribution in [2.75, 3.05) is 12.4 Å². The minimum absolute atomic E-state index is 0.263. The summed E-state index contributed by atoms with van der Waals surface area (Å²) in [6, 6.07) is 20.2. The number of ether oxygens (including phenoxy) is 2. The molecule has 0 saturated carbocycles. The number of hydrogen-bond acceptors (Lipinski definition) is 5. The summed E-state index contributed by atoms with van der Waals surface area (Å²) in [7, 11) is 1.63. The van der Waals surface area contributed by atoms with E-state index in [1.54, 1.807) is 11.7 Å². The van der Waals surface area contributed by atoms with Crippen LogP contribution in [0.1, 0.15) is 27.8 Å². The zero-order chi connectivity index (χ0) is 24.5. The summed E-state index contributed by atoms with van der Waals surface area (Å²) < 4.78 is 13.5. The van der Waals surface area contributed by atoms with E-state index < -0.39 is 0 Å². The van der Waals surface area contributed by atoms with E-state index in [1.165, 1.54) is 5.56 Å². The van der Waals surface area contributed by atoms with Crippen LogP contribution >= 0.6 is 0 Å². The minimum Gasteiger partial charge on any atom is -0.493 e. The molecule has 1 N–H and O–H groups in total. The predicted octanol–water partition coefficient (Wildman–Crippen LogP) is 5.72. The fraction of sp³-hybridized carbons (Fsp3) is 0.241. The van der Waals surface area contributed by atoms with Crippen molar-refractivity contribution in [3.63, 3.8) is 0 Å². The first kappa shape index (κ1) is 22.7. The second-order valence-electron chi connectivity index (χ2n) is 9.04. The van der Waals surface area contributed by atoms with Gasteiger partial charge in [0.25, 0.3) is 0 Å². The lowest BCUT2D eigenvalue weighted by atomic mass is 9.96. The molecule has 1 aliphatic rings. The first-order chi connectivity index (χ1) is 16.9. The van der Waals surface area contributed by atoms with Crippen LogP contribution in [0.5, 0.6) is 11.5 Å². The zero-order valence-electron chi connectivity index (χ0n) is 20.5. The van der Waals surface area contributed by atoms with Crippen LogP contribution in [0.2, 0.25) is 0 Å². The molecule has 6 nitrogen and oxygen atoms in total. The summed E-state index contributed by atoms with van der Waals surface area (Å²) in [4.78, 5) is 17.3. The number of benzene rings is 3. The molecule has 0 radical (unpaired) electrons. The summed E-state index contributed by atoms with van der Waals surface area (Å²) in [5.74, 6) is 1.87. The molecule has 5 rings (SSSR count). The Balaban J connectivity index is 1.51. The van der Waals surface area contributed by atoms with Crippen LogP contribution in [0, 0.1) is 20.8 Å². The van der Waals surface area contributed by atoms with Crippen LogP contribution in [0.25, 0.3) is 11.3 Å². The summed E-state index contributed by atoms with van der Waals surface area (Å²) in [6.45, 7) is 7.23. The summed E-state index contributed by atoms with van der Waals surface area (Å²) in [5, 5.41) is 3.39. The van der Waals surface area contributed by atoms with Crippen molar-refractivity contribution >= 4 is 11.5 Å². The smallest absolute Gasteiger partial charge is 0.350 e. The van der Waals surface area contributed by atoms with Gasteiger partial charge in [0.15, 0.2) is 11.5 Å². The first-order valence-corrected chi connectivity index (χ1v) is 11.8. The number of aromatic nitrogens is 2. The Kier molecular flexibility index (Phi) is 6.03. The second kappa shape index (κ2) is 9.29. The number of methoxy groups -OCH3 is 1. The number of anilines is 2. The van der Waals surface area contributed by atoms with Gasteiger partial charge in [-0.1, -0.05) is 48.0 Å². The maximum Gasteiger partial charge on any atom is 0.350 e.